The second kappa shape index (κ2) is 4.85. The molecule has 1 heterocycles. The van der Waals surface area contributed by atoms with E-state index in [0.717, 1.165) is 6.07 Å². The minimum Gasteiger partial charge on any atom is -0.481 e. The first-order valence-electron chi connectivity index (χ1n) is 5.86. The molecule has 1 aliphatic rings. The average Bonchev–Trinajstić information content (AvgIpc) is 2.38. The van der Waals surface area contributed by atoms with Gasteiger partial charge < -0.3 is 9.84 Å². The van der Waals surface area contributed by atoms with Crippen LogP contribution < -0.4 is 0 Å². The van der Waals surface area contributed by atoms with Gasteiger partial charge in [0.2, 0.25) is 0 Å². The van der Waals surface area contributed by atoms with Gasteiger partial charge in [0.1, 0.15) is 0 Å². The Balaban J connectivity index is 2.58. The number of aliphatic carboxylic acids is 1. The maximum absolute atomic E-state index is 13.0. The number of ether oxygens (including phenoxy) is 1. The molecule has 1 aliphatic heterocycles. The number of rotatable bonds is 2. The molecule has 1 N–H and O–H groups in total. The van der Waals surface area contributed by atoms with Crippen molar-refractivity contribution < 1.29 is 27.8 Å². The molecule has 1 fully saturated rings. The highest BCUT2D eigenvalue weighted by Gasteiger charge is 2.47. The van der Waals surface area contributed by atoms with Crippen LogP contribution in [0.25, 0.3) is 0 Å². The summed E-state index contributed by atoms with van der Waals surface area (Å²) in [6.45, 7) is 0.303. The number of carboxylic acids is 1. The Hall–Kier alpha value is -1.56. The first-order valence-corrected chi connectivity index (χ1v) is 5.86. The molecule has 6 heteroatoms. The summed E-state index contributed by atoms with van der Waals surface area (Å²) in [5.74, 6) is -1.23. The third kappa shape index (κ3) is 2.45. The third-order valence-electron chi connectivity index (χ3n) is 3.50. The fourth-order valence-electron chi connectivity index (χ4n) is 2.47. The van der Waals surface area contributed by atoms with Crippen LogP contribution in [0.15, 0.2) is 24.3 Å². The topological polar surface area (TPSA) is 46.5 Å². The van der Waals surface area contributed by atoms with Crippen molar-refractivity contribution in [2.24, 2.45) is 0 Å². The van der Waals surface area contributed by atoms with Crippen LogP contribution in [0.2, 0.25) is 0 Å². The molecule has 2 rings (SSSR count). The SMILES string of the molecule is O=C(O)C1(c2ccccc2C(F)(F)F)CCOCC1. The zero-order valence-corrected chi connectivity index (χ0v) is 10.0. The van der Waals surface area contributed by atoms with Crippen molar-refractivity contribution in [1.82, 2.24) is 0 Å². The summed E-state index contributed by atoms with van der Waals surface area (Å²) in [4.78, 5) is 11.5. The minimum absolute atomic E-state index is 0.0510. The third-order valence-corrected chi connectivity index (χ3v) is 3.50. The van der Waals surface area contributed by atoms with Crippen LogP contribution in [0, 0.1) is 0 Å². The van der Waals surface area contributed by atoms with Crippen LogP contribution in [0.1, 0.15) is 24.0 Å². The number of halogens is 3. The van der Waals surface area contributed by atoms with E-state index in [4.69, 9.17) is 4.74 Å². The molecule has 3 nitrogen and oxygen atoms in total. The van der Waals surface area contributed by atoms with Gasteiger partial charge in [0.15, 0.2) is 0 Å². The smallest absolute Gasteiger partial charge is 0.416 e. The largest absolute Gasteiger partial charge is 0.481 e. The number of hydrogen-bond acceptors (Lipinski definition) is 2. The van der Waals surface area contributed by atoms with Crippen LogP contribution in [-0.4, -0.2) is 24.3 Å². The summed E-state index contributed by atoms with van der Waals surface area (Å²) in [6, 6.07) is 4.88. The van der Waals surface area contributed by atoms with Crippen molar-refractivity contribution in [2.75, 3.05) is 13.2 Å². The molecule has 19 heavy (non-hydrogen) atoms. The van der Waals surface area contributed by atoms with E-state index in [1.165, 1.54) is 18.2 Å². The Kier molecular flexibility index (Phi) is 3.54. The molecule has 0 atom stereocenters. The van der Waals surface area contributed by atoms with Crippen LogP contribution >= 0.6 is 0 Å². The molecule has 1 aromatic rings. The summed E-state index contributed by atoms with van der Waals surface area (Å²) >= 11 is 0. The number of carboxylic acid groups (broad SMARTS) is 1. The van der Waals surface area contributed by atoms with E-state index in [1.807, 2.05) is 0 Å². The lowest BCUT2D eigenvalue weighted by molar-refractivity contribution is -0.150. The lowest BCUT2D eigenvalue weighted by atomic mass is 9.72. The Bertz CT molecular complexity index is 476. The quantitative estimate of drug-likeness (QED) is 0.902. The predicted octanol–water partition coefficient (Wildman–Crippen LogP) is 2.84. The van der Waals surface area contributed by atoms with Crippen LogP contribution in [-0.2, 0) is 21.1 Å². The summed E-state index contributed by atoms with van der Waals surface area (Å²) in [5.41, 5.74) is -2.55. The van der Waals surface area contributed by atoms with Gasteiger partial charge in [-0.3, -0.25) is 4.79 Å². The summed E-state index contributed by atoms with van der Waals surface area (Å²) in [5, 5.41) is 9.41. The Morgan fingerprint density at radius 2 is 1.79 bits per heavy atom. The standard InChI is InChI=1S/C13H13F3O3/c14-13(15,16)10-4-2-1-3-9(10)12(11(17)18)5-7-19-8-6-12/h1-4H,5-8H2,(H,17,18). The van der Waals surface area contributed by atoms with Gasteiger partial charge in [-0.05, 0) is 24.5 Å². The molecule has 0 aromatic heterocycles. The average molecular weight is 274 g/mol. The number of hydrogen-bond donors (Lipinski definition) is 1. The van der Waals surface area contributed by atoms with Crippen molar-refractivity contribution in [2.45, 2.75) is 24.4 Å². The van der Waals surface area contributed by atoms with E-state index in [1.54, 1.807) is 0 Å². The van der Waals surface area contributed by atoms with E-state index >= 15 is 0 Å². The van der Waals surface area contributed by atoms with Crippen LogP contribution in [0.4, 0.5) is 13.2 Å². The Morgan fingerprint density at radius 3 is 2.32 bits per heavy atom. The second-order valence-electron chi connectivity index (χ2n) is 4.54. The fourth-order valence-corrected chi connectivity index (χ4v) is 2.47. The minimum atomic E-state index is -4.56. The Morgan fingerprint density at radius 1 is 1.21 bits per heavy atom. The molecule has 0 unspecified atom stereocenters. The first kappa shape index (κ1) is 13.9. The first-order chi connectivity index (χ1) is 8.88. The monoisotopic (exact) mass is 274 g/mol. The molecule has 0 spiro atoms. The lowest BCUT2D eigenvalue weighted by Gasteiger charge is -2.35. The number of benzene rings is 1. The van der Waals surface area contributed by atoms with E-state index in [2.05, 4.69) is 0 Å². The second-order valence-corrected chi connectivity index (χ2v) is 4.54. The normalized spacial score (nSPS) is 19.1. The van der Waals surface area contributed by atoms with Crippen molar-refractivity contribution in [3.8, 4) is 0 Å². The molecule has 0 amide bonds. The maximum atomic E-state index is 13.0. The molecule has 0 radical (unpaired) electrons. The highest BCUT2D eigenvalue weighted by Crippen LogP contribution is 2.42. The van der Waals surface area contributed by atoms with Crippen molar-refractivity contribution in [3.63, 3.8) is 0 Å². The van der Waals surface area contributed by atoms with E-state index in [-0.39, 0.29) is 31.6 Å². The Labute approximate surface area is 108 Å². The van der Waals surface area contributed by atoms with Gasteiger partial charge in [-0.1, -0.05) is 18.2 Å². The fraction of sp³-hybridized carbons (Fsp3) is 0.462. The van der Waals surface area contributed by atoms with Gasteiger partial charge >= 0.3 is 12.1 Å². The van der Waals surface area contributed by atoms with E-state index in [0.29, 0.717) is 0 Å². The summed E-state index contributed by atoms with van der Waals surface area (Å²) in [6.07, 6.45) is -4.46. The van der Waals surface area contributed by atoms with Gasteiger partial charge in [-0.2, -0.15) is 13.2 Å². The number of carbonyl (C=O) groups is 1. The van der Waals surface area contributed by atoms with Gasteiger partial charge in [-0.25, -0.2) is 0 Å². The molecule has 104 valence electrons. The predicted molar refractivity (Wildman–Crippen MR) is 60.8 cm³/mol. The number of alkyl halides is 3. The highest BCUT2D eigenvalue weighted by molar-refractivity contribution is 5.82. The van der Waals surface area contributed by atoms with Crippen molar-refractivity contribution in [1.29, 1.82) is 0 Å². The lowest BCUT2D eigenvalue weighted by Crippen LogP contribution is -2.42. The molecular formula is C13H13F3O3. The molecule has 1 saturated heterocycles. The van der Waals surface area contributed by atoms with Crippen molar-refractivity contribution in [3.05, 3.63) is 35.4 Å². The van der Waals surface area contributed by atoms with Crippen LogP contribution in [0.5, 0.6) is 0 Å². The summed E-state index contributed by atoms with van der Waals surface area (Å²) in [7, 11) is 0. The highest BCUT2D eigenvalue weighted by atomic mass is 19.4. The van der Waals surface area contributed by atoms with Crippen LogP contribution in [0.3, 0.4) is 0 Å². The van der Waals surface area contributed by atoms with Gasteiger partial charge in [0.25, 0.3) is 0 Å². The molecule has 0 aliphatic carbocycles. The maximum Gasteiger partial charge on any atom is 0.416 e. The van der Waals surface area contributed by atoms with E-state index in [9.17, 15) is 23.1 Å². The molecule has 0 saturated carbocycles. The zero-order chi connectivity index (χ0) is 14.1. The zero-order valence-electron chi connectivity index (χ0n) is 10.0. The van der Waals surface area contributed by atoms with Gasteiger partial charge in [-0.15, -0.1) is 0 Å². The van der Waals surface area contributed by atoms with Gasteiger partial charge in [0, 0.05) is 13.2 Å². The van der Waals surface area contributed by atoms with Crippen molar-refractivity contribution >= 4 is 5.97 Å². The molecule has 1 aromatic carbocycles. The summed E-state index contributed by atoms with van der Waals surface area (Å²) < 4.78 is 44.1. The van der Waals surface area contributed by atoms with E-state index < -0.39 is 23.1 Å². The van der Waals surface area contributed by atoms with Gasteiger partial charge in [0.05, 0.1) is 11.0 Å². The molecular weight excluding hydrogens is 261 g/mol. The molecule has 0 bridgehead atoms.